The molecule has 0 spiro atoms. The summed E-state index contributed by atoms with van der Waals surface area (Å²) < 4.78 is 16.5. The molecule has 8 nitrogen and oxygen atoms in total. The number of cyclic esters (lactones) is 1. The van der Waals surface area contributed by atoms with Crippen molar-refractivity contribution in [1.29, 1.82) is 0 Å². The number of carbonyl (C=O) groups excluding carboxylic acids is 1. The van der Waals surface area contributed by atoms with Gasteiger partial charge in [-0.05, 0) is 35.4 Å². The van der Waals surface area contributed by atoms with Crippen LogP contribution in [0.1, 0.15) is 16.7 Å². The number of hydrogen-bond donors (Lipinski definition) is 0. The van der Waals surface area contributed by atoms with Gasteiger partial charge in [0, 0.05) is 18.6 Å². The molecule has 172 valence electrons. The van der Waals surface area contributed by atoms with Gasteiger partial charge >= 0.3 is 5.97 Å². The van der Waals surface area contributed by atoms with E-state index in [9.17, 15) is 14.9 Å². The van der Waals surface area contributed by atoms with Gasteiger partial charge in [0.05, 0.1) is 29.2 Å². The van der Waals surface area contributed by atoms with Crippen LogP contribution in [0.3, 0.4) is 0 Å². The lowest BCUT2D eigenvalue weighted by molar-refractivity contribution is -0.384. The Bertz CT molecular complexity index is 1300. The monoisotopic (exact) mass is 478 g/mol. The van der Waals surface area contributed by atoms with E-state index < -0.39 is 10.9 Å². The summed E-state index contributed by atoms with van der Waals surface area (Å²) in [7, 11) is 1.53. The fourth-order valence-electron chi connectivity index (χ4n) is 3.29. The van der Waals surface area contributed by atoms with Crippen molar-refractivity contribution in [2.24, 2.45) is 4.99 Å². The standard InChI is InChI=1S/C25H19ClN2O6/c1-32-23-14-17(7-10-22(23)33-12-11-16-5-3-2-4-6-16)13-21-25(29)34-24(27-21)19-9-8-18(28(30)31)15-20(19)26/h2-10,13-15H,11-12H2,1H3/b21-13-. The van der Waals surface area contributed by atoms with Crippen LogP contribution in [0.5, 0.6) is 11.5 Å². The van der Waals surface area contributed by atoms with Crippen molar-refractivity contribution in [3.63, 3.8) is 0 Å². The summed E-state index contributed by atoms with van der Waals surface area (Å²) in [6.07, 6.45) is 2.30. The maximum absolute atomic E-state index is 12.3. The van der Waals surface area contributed by atoms with Gasteiger partial charge in [-0.1, -0.05) is 48.0 Å². The van der Waals surface area contributed by atoms with Gasteiger partial charge in [0.2, 0.25) is 5.90 Å². The smallest absolute Gasteiger partial charge is 0.363 e. The molecule has 4 rings (SSSR count). The summed E-state index contributed by atoms with van der Waals surface area (Å²) in [6.45, 7) is 0.483. The third kappa shape index (κ3) is 5.24. The predicted molar refractivity (Wildman–Crippen MR) is 127 cm³/mol. The van der Waals surface area contributed by atoms with Crippen LogP contribution in [0.2, 0.25) is 5.02 Å². The zero-order chi connectivity index (χ0) is 24.1. The third-order valence-corrected chi connectivity index (χ3v) is 5.31. The van der Waals surface area contributed by atoms with Crippen molar-refractivity contribution >= 4 is 35.2 Å². The molecule has 1 aliphatic rings. The van der Waals surface area contributed by atoms with E-state index in [1.54, 1.807) is 24.3 Å². The maximum Gasteiger partial charge on any atom is 0.363 e. The van der Waals surface area contributed by atoms with Crippen LogP contribution in [0.4, 0.5) is 5.69 Å². The molecule has 0 saturated heterocycles. The largest absolute Gasteiger partial charge is 0.493 e. The minimum atomic E-state index is -0.661. The SMILES string of the molecule is COc1cc(/C=C2\N=C(c3ccc([N+](=O)[O-])cc3Cl)OC2=O)ccc1OCCc1ccccc1. The molecule has 3 aromatic rings. The Hall–Kier alpha value is -4.17. The van der Waals surface area contributed by atoms with E-state index in [1.165, 1.54) is 30.9 Å². The molecule has 0 fully saturated rings. The van der Waals surface area contributed by atoms with Crippen molar-refractivity contribution in [3.8, 4) is 11.5 Å². The van der Waals surface area contributed by atoms with Gasteiger partial charge in [0.25, 0.3) is 5.69 Å². The van der Waals surface area contributed by atoms with E-state index in [4.69, 9.17) is 25.8 Å². The van der Waals surface area contributed by atoms with Gasteiger partial charge in [-0.2, -0.15) is 0 Å². The molecule has 1 aliphatic heterocycles. The topological polar surface area (TPSA) is 100 Å². The quantitative estimate of drug-likeness (QED) is 0.190. The highest BCUT2D eigenvalue weighted by atomic mass is 35.5. The first-order chi connectivity index (χ1) is 16.4. The Morgan fingerprint density at radius 1 is 1.09 bits per heavy atom. The number of ether oxygens (including phenoxy) is 3. The molecule has 0 bridgehead atoms. The van der Waals surface area contributed by atoms with Crippen molar-refractivity contribution in [1.82, 2.24) is 0 Å². The van der Waals surface area contributed by atoms with Crippen molar-refractivity contribution < 1.29 is 23.9 Å². The number of non-ortho nitro benzene ring substituents is 1. The number of nitrogens with zero attached hydrogens (tertiary/aromatic N) is 2. The minimum Gasteiger partial charge on any atom is -0.493 e. The van der Waals surface area contributed by atoms with Gasteiger partial charge in [-0.15, -0.1) is 0 Å². The average molecular weight is 479 g/mol. The van der Waals surface area contributed by atoms with Crippen molar-refractivity contribution in [2.45, 2.75) is 6.42 Å². The molecule has 0 atom stereocenters. The number of esters is 1. The summed E-state index contributed by atoms with van der Waals surface area (Å²) in [4.78, 5) is 26.9. The molecular weight excluding hydrogens is 460 g/mol. The summed E-state index contributed by atoms with van der Waals surface area (Å²) in [5.41, 5.74) is 1.99. The molecule has 9 heteroatoms. The first-order valence-electron chi connectivity index (χ1n) is 10.3. The van der Waals surface area contributed by atoms with E-state index >= 15 is 0 Å². The molecule has 0 aromatic heterocycles. The highest BCUT2D eigenvalue weighted by molar-refractivity contribution is 6.34. The summed E-state index contributed by atoms with van der Waals surface area (Å²) in [5.74, 6) is 0.406. The van der Waals surface area contributed by atoms with E-state index in [1.807, 2.05) is 30.3 Å². The molecule has 0 radical (unpaired) electrons. The van der Waals surface area contributed by atoms with E-state index in [0.29, 0.717) is 23.7 Å². The highest BCUT2D eigenvalue weighted by Gasteiger charge is 2.26. The van der Waals surface area contributed by atoms with Gasteiger partial charge in [0.1, 0.15) is 0 Å². The number of nitro groups is 1. The van der Waals surface area contributed by atoms with Crippen LogP contribution in [0.25, 0.3) is 6.08 Å². The number of nitro benzene ring substituents is 1. The Labute approximate surface area is 200 Å². The molecule has 0 saturated carbocycles. The molecular formula is C25H19ClN2O6. The number of aliphatic imine (C=N–C) groups is 1. The van der Waals surface area contributed by atoms with Crippen molar-refractivity contribution in [2.75, 3.05) is 13.7 Å². The first-order valence-corrected chi connectivity index (χ1v) is 10.6. The van der Waals surface area contributed by atoms with Gasteiger partial charge < -0.3 is 14.2 Å². The Morgan fingerprint density at radius 3 is 2.59 bits per heavy atom. The fraction of sp³-hybridized carbons (Fsp3) is 0.120. The van der Waals surface area contributed by atoms with Crippen LogP contribution in [-0.4, -0.2) is 30.5 Å². The van der Waals surface area contributed by atoms with Gasteiger partial charge in [-0.3, -0.25) is 10.1 Å². The third-order valence-electron chi connectivity index (χ3n) is 5.00. The lowest BCUT2D eigenvalue weighted by atomic mass is 10.1. The average Bonchev–Trinajstić information content (AvgIpc) is 3.20. The zero-order valence-electron chi connectivity index (χ0n) is 18.1. The second-order valence-corrected chi connectivity index (χ2v) is 7.66. The van der Waals surface area contributed by atoms with Crippen molar-refractivity contribution in [3.05, 3.63) is 104 Å². The minimum absolute atomic E-state index is 0.0241. The number of hydrogen-bond acceptors (Lipinski definition) is 7. The zero-order valence-corrected chi connectivity index (χ0v) is 18.8. The predicted octanol–water partition coefficient (Wildman–Crippen LogP) is 5.22. The van der Waals surface area contributed by atoms with E-state index in [0.717, 1.165) is 6.42 Å². The molecule has 0 aliphatic carbocycles. The number of rotatable bonds is 8. The summed E-state index contributed by atoms with van der Waals surface area (Å²) in [6, 6.07) is 19.1. The fourth-order valence-corrected chi connectivity index (χ4v) is 3.55. The highest BCUT2D eigenvalue weighted by Crippen LogP contribution is 2.31. The molecule has 3 aromatic carbocycles. The molecule has 0 amide bonds. The number of benzene rings is 3. The molecule has 1 heterocycles. The molecule has 0 unspecified atom stereocenters. The Kier molecular flexibility index (Phi) is 6.89. The molecule has 0 N–H and O–H groups in total. The van der Waals surface area contributed by atoms with Crippen LogP contribution in [0, 0.1) is 10.1 Å². The van der Waals surface area contributed by atoms with E-state index in [2.05, 4.69) is 4.99 Å². The van der Waals surface area contributed by atoms with Crippen LogP contribution >= 0.6 is 11.6 Å². The molecule has 34 heavy (non-hydrogen) atoms. The normalized spacial score (nSPS) is 14.0. The van der Waals surface area contributed by atoms with E-state index in [-0.39, 0.29) is 27.9 Å². The Balaban J connectivity index is 1.51. The number of methoxy groups -OCH3 is 1. The summed E-state index contributed by atoms with van der Waals surface area (Å²) in [5, 5.41) is 11.0. The van der Waals surface area contributed by atoms with Gasteiger partial charge in [0.15, 0.2) is 17.2 Å². The second kappa shape index (κ2) is 10.2. The maximum atomic E-state index is 12.3. The second-order valence-electron chi connectivity index (χ2n) is 7.25. The number of halogens is 1. The lowest BCUT2D eigenvalue weighted by Crippen LogP contribution is -2.06. The lowest BCUT2D eigenvalue weighted by Gasteiger charge is -2.11. The van der Waals surface area contributed by atoms with Crippen LogP contribution in [0.15, 0.2) is 77.4 Å². The van der Waals surface area contributed by atoms with Crippen LogP contribution < -0.4 is 9.47 Å². The first kappa shape index (κ1) is 23.0. The Morgan fingerprint density at radius 2 is 1.88 bits per heavy atom. The van der Waals surface area contributed by atoms with Gasteiger partial charge in [-0.25, -0.2) is 9.79 Å². The van der Waals surface area contributed by atoms with Crippen LogP contribution in [-0.2, 0) is 16.0 Å². The number of carbonyl (C=O) groups is 1. The summed E-state index contributed by atoms with van der Waals surface area (Å²) >= 11 is 6.12.